The Labute approximate surface area is 113 Å². The van der Waals surface area contributed by atoms with E-state index in [1.54, 1.807) is 12.4 Å². The van der Waals surface area contributed by atoms with Gasteiger partial charge in [0.1, 0.15) is 0 Å². The van der Waals surface area contributed by atoms with E-state index in [9.17, 15) is 13.2 Å². The van der Waals surface area contributed by atoms with E-state index in [2.05, 4.69) is 15.1 Å². The second-order valence-electron chi connectivity index (χ2n) is 4.44. The van der Waals surface area contributed by atoms with Gasteiger partial charge >= 0.3 is 6.18 Å². The number of rotatable bonds is 4. The molecule has 5 nitrogen and oxygen atoms in total. The first kappa shape index (κ1) is 14.4. The first-order valence-corrected chi connectivity index (χ1v) is 6.09. The lowest BCUT2D eigenvalue weighted by Crippen LogP contribution is -2.21. The Balaban J connectivity index is 2.16. The molecular formula is C12H14F3N5. The molecule has 0 aliphatic carbocycles. The van der Waals surface area contributed by atoms with Crippen LogP contribution in [0.1, 0.15) is 24.5 Å². The second kappa shape index (κ2) is 5.58. The zero-order valence-corrected chi connectivity index (χ0v) is 10.8. The van der Waals surface area contributed by atoms with E-state index in [0.29, 0.717) is 6.42 Å². The van der Waals surface area contributed by atoms with Crippen LogP contribution in [0.3, 0.4) is 0 Å². The molecule has 0 aromatic carbocycles. The standard InChI is InChI=1S/C12H14F3N5/c1-2-10(16)3-8-4-17-11(18-5-8)20-7-9(6-19-20)12(13,14)15/h4-7,10H,2-3,16H2,1H3. The molecular weight excluding hydrogens is 271 g/mol. The quantitative estimate of drug-likeness (QED) is 0.932. The molecule has 0 saturated carbocycles. The molecule has 108 valence electrons. The summed E-state index contributed by atoms with van der Waals surface area (Å²) < 4.78 is 38.4. The highest BCUT2D eigenvalue weighted by Crippen LogP contribution is 2.28. The van der Waals surface area contributed by atoms with Crippen molar-refractivity contribution in [3.8, 4) is 5.95 Å². The average Bonchev–Trinajstić information content (AvgIpc) is 2.89. The maximum absolute atomic E-state index is 12.5. The topological polar surface area (TPSA) is 69.6 Å². The number of halogens is 3. The lowest BCUT2D eigenvalue weighted by molar-refractivity contribution is -0.137. The predicted molar refractivity (Wildman–Crippen MR) is 66.1 cm³/mol. The highest BCUT2D eigenvalue weighted by Gasteiger charge is 2.32. The van der Waals surface area contributed by atoms with Crippen molar-refractivity contribution in [1.82, 2.24) is 19.7 Å². The third-order valence-corrected chi connectivity index (χ3v) is 2.83. The Morgan fingerprint density at radius 1 is 1.25 bits per heavy atom. The molecule has 2 aromatic rings. The van der Waals surface area contributed by atoms with Gasteiger partial charge in [-0.1, -0.05) is 6.92 Å². The Morgan fingerprint density at radius 3 is 2.40 bits per heavy atom. The minimum atomic E-state index is -4.42. The Hall–Kier alpha value is -1.96. The molecule has 0 aliphatic heterocycles. The lowest BCUT2D eigenvalue weighted by Gasteiger charge is -2.08. The third kappa shape index (κ3) is 3.32. The summed E-state index contributed by atoms with van der Waals surface area (Å²) in [5.41, 5.74) is 5.81. The normalized spacial score (nSPS) is 13.4. The number of nitrogens with zero attached hydrogens (tertiary/aromatic N) is 4. The molecule has 0 radical (unpaired) electrons. The van der Waals surface area contributed by atoms with Crippen LogP contribution in [0.4, 0.5) is 13.2 Å². The van der Waals surface area contributed by atoms with Crippen LogP contribution in [0, 0.1) is 0 Å². The summed E-state index contributed by atoms with van der Waals surface area (Å²) in [5.74, 6) is 0.0920. The van der Waals surface area contributed by atoms with E-state index < -0.39 is 11.7 Å². The van der Waals surface area contributed by atoms with Crippen molar-refractivity contribution in [2.45, 2.75) is 32.0 Å². The van der Waals surface area contributed by atoms with Gasteiger partial charge in [0.05, 0.1) is 11.8 Å². The molecule has 0 spiro atoms. The summed E-state index contributed by atoms with van der Waals surface area (Å²) in [6.45, 7) is 1.97. The average molecular weight is 285 g/mol. The highest BCUT2D eigenvalue weighted by atomic mass is 19.4. The van der Waals surface area contributed by atoms with Gasteiger partial charge in [0.15, 0.2) is 0 Å². The smallest absolute Gasteiger partial charge is 0.327 e. The second-order valence-corrected chi connectivity index (χ2v) is 4.44. The summed E-state index contributed by atoms with van der Waals surface area (Å²) in [5, 5.41) is 3.61. The molecule has 20 heavy (non-hydrogen) atoms. The maximum Gasteiger partial charge on any atom is 0.419 e. The van der Waals surface area contributed by atoms with E-state index >= 15 is 0 Å². The van der Waals surface area contributed by atoms with Gasteiger partial charge < -0.3 is 5.73 Å². The fraction of sp³-hybridized carbons (Fsp3) is 0.417. The van der Waals surface area contributed by atoms with Crippen LogP contribution >= 0.6 is 0 Å². The molecule has 0 saturated heterocycles. The van der Waals surface area contributed by atoms with Gasteiger partial charge in [-0.15, -0.1) is 0 Å². The SMILES string of the molecule is CCC(N)Cc1cnc(-n2cc(C(F)(F)F)cn2)nc1. The molecule has 0 bridgehead atoms. The van der Waals surface area contributed by atoms with Gasteiger partial charge in [-0.3, -0.25) is 0 Å². The van der Waals surface area contributed by atoms with Gasteiger partial charge in [-0.25, -0.2) is 14.6 Å². The van der Waals surface area contributed by atoms with E-state index in [4.69, 9.17) is 5.73 Å². The van der Waals surface area contributed by atoms with Gasteiger partial charge in [0.2, 0.25) is 5.95 Å². The molecule has 0 aliphatic rings. The van der Waals surface area contributed by atoms with Crippen molar-refractivity contribution in [2.75, 3.05) is 0 Å². The van der Waals surface area contributed by atoms with Gasteiger partial charge in [0.25, 0.3) is 0 Å². The fourth-order valence-electron chi connectivity index (χ4n) is 1.60. The van der Waals surface area contributed by atoms with E-state index in [-0.39, 0.29) is 12.0 Å². The monoisotopic (exact) mass is 285 g/mol. The van der Waals surface area contributed by atoms with Crippen molar-refractivity contribution < 1.29 is 13.2 Å². The largest absolute Gasteiger partial charge is 0.419 e. The van der Waals surface area contributed by atoms with E-state index in [0.717, 1.165) is 29.1 Å². The molecule has 2 N–H and O–H groups in total. The first-order chi connectivity index (χ1) is 9.40. The van der Waals surface area contributed by atoms with Crippen molar-refractivity contribution in [3.63, 3.8) is 0 Å². The molecule has 2 rings (SSSR count). The van der Waals surface area contributed by atoms with Crippen molar-refractivity contribution >= 4 is 0 Å². The molecule has 1 unspecified atom stereocenters. The number of nitrogens with two attached hydrogens (primary N) is 1. The summed E-state index contributed by atoms with van der Waals surface area (Å²) in [7, 11) is 0. The Morgan fingerprint density at radius 2 is 1.90 bits per heavy atom. The van der Waals surface area contributed by atoms with Gasteiger partial charge in [0, 0.05) is 24.6 Å². The van der Waals surface area contributed by atoms with Crippen molar-refractivity contribution in [3.05, 3.63) is 35.9 Å². The van der Waals surface area contributed by atoms with Crippen LogP contribution in [-0.4, -0.2) is 25.8 Å². The number of hydrogen-bond donors (Lipinski definition) is 1. The van der Waals surface area contributed by atoms with Crippen LogP contribution in [0.5, 0.6) is 0 Å². The van der Waals surface area contributed by atoms with Crippen LogP contribution in [-0.2, 0) is 12.6 Å². The van der Waals surface area contributed by atoms with Crippen LogP contribution in [0.2, 0.25) is 0 Å². The van der Waals surface area contributed by atoms with E-state index in [1.165, 1.54) is 0 Å². The number of hydrogen-bond acceptors (Lipinski definition) is 4. The Bertz CT molecular complexity index is 561. The number of alkyl halides is 3. The molecule has 1 atom stereocenters. The van der Waals surface area contributed by atoms with Crippen LogP contribution in [0.25, 0.3) is 5.95 Å². The number of aromatic nitrogens is 4. The first-order valence-electron chi connectivity index (χ1n) is 6.09. The molecule has 2 aromatic heterocycles. The summed E-state index contributed by atoms with van der Waals surface area (Å²) in [4.78, 5) is 8.00. The minimum absolute atomic E-state index is 0.0194. The third-order valence-electron chi connectivity index (χ3n) is 2.83. The molecule has 8 heteroatoms. The van der Waals surface area contributed by atoms with Gasteiger partial charge in [-0.2, -0.15) is 18.3 Å². The van der Waals surface area contributed by atoms with Crippen molar-refractivity contribution in [1.29, 1.82) is 0 Å². The predicted octanol–water partition coefficient (Wildman–Crippen LogP) is 1.96. The summed E-state index contributed by atoms with van der Waals surface area (Å²) in [6, 6.07) is 0.0194. The fourth-order valence-corrected chi connectivity index (χ4v) is 1.60. The van der Waals surface area contributed by atoms with Crippen LogP contribution < -0.4 is 5.73 Å². The summed E-state index contributed by atoms with van der Waals surface area (Å²) in [6.07, 6.45) is 1.72. The molecule has 2 heterocycles. The summed E-state index contributed by atoms with van der Waals surface area (Å²) >= 11 is 0. The maximum atomic E-state index is 12.5. The van der Waals surface area contributed by atoms with Crippen LogP contribution in [0.15, 0.2) is 24.8 Å². The Kier molecular flexibility index (Phi) is 4.03. The molecule has 0 fully saturated rings. The van der Waals surface area contributed by atoms with Crippen molar-refractivity contribution in [2.24, 2.45) is 5.73 Å². The minimum Gasteiger partial charge on any atom is -0.327 e. The lowest BCUT2D eigenvalue weighted by atomic mass is 10.1. The zero-order chi connectivity index (χ0) is 14.8. The van der Waals surface area contributed by atoms with E-state index in [1.807, 2.05) is 6.92 Å². The van der Waals surface area contributed by atoms with Gasteiger partial charge in [-0.05, 0) is 18.4 Å². The zero-order valence-electron chi connectivity index (χ0n) is 10.8. The molecule has 0 amide bonds. The highest BCUT2D eigenvalue weighted by molar-refractivity contribution is 5.18.